The predicted octanol–water partition coefficient (Wildman–Crippen LogP) is 1.76. The molecule has 0 aliphatic carbocycles. The molecule has 0 atom stereocenters. The van der Waals surface area contributed by atoms with Crippen molar-refractivity contribution in [1.82, 2.24) is 9.97 Å². The average molecular weight is 208 g/mol. The van der Waals surface area contributed by atoms with Gasteiger partial charge in [-0.3, -0.25) is 0 Å². The van der Waals surface area contributed by atoms with E-state index in [1.165, 1.54) is 0 Å². The molecular weight excluding hydrogens is 200 g/mol. The van der Waals surface area contributed by atoms with Crippen LogP contribution in [0.2, 0.25) is 0 Å². The van der Waals surface area contributed by atoms with E-state index >= 15 is 0 Å². The minimum Gasteiger partial charge on any atom is -0.394 e. The molecule has 2 aromatic rings. The Labute approximate surface area is 88.8 Å². The largest absolute Gasteiger partial charge is 2.00 e. The third-order valence-corrected chi connectivity index (χ3v) is 1.03. The molecular formula is C10H8CrN2. The van der Waals surface area contributed by atoms with Crippen LogP contribution in [0.3, 0.4) is 0 Å². The van der Waals surface area contributed by atoms with Gasteiger partial charge in [0.05, 0.1) is 0 Å². The number of nitrogens with zero attached hydrogens (tertiary/aromatic N) is 2. The van der Waals surface area contributed by atoms with Gasteiger partial charge in [0.2, 0.25) is 0 Å². The summed E-state index contributed by atoms with van der Waals surface area (Å²) in [6.45, 7) is 0. The third-order valence-electron chi connectivity index (χ3n) is 1.03. The van der Waals surface area contributed by atoms with Crippen molar-refractivity contribution < 1.29 is 17.4 Å². The molecule has 13 heavy (non-hydrogen) atoms. The van der Waals surface area contributed by atoms with Gasteiger partial charge in [-0.1, -0.05) is 24.8 Å². The SMILES string of the molecule is [Cr+2].[c-]1ccccn1.[c-]1ccccn1. The van der Waals surface area contributed by atoms with E-state index in [4.69, 9.17) is 0 Å². The van der Waals surface area contributed by atoms with E-state index in [1.807, 2.05) is 24.3 Å². The molecule has 0 aromatic carbocycles. The first-order chi connectivity index (χ1) is 6.00. The van der Waals surface area contributed by atoms with E-state index in [1.54, 1.807) is 24.5 Å². The summed E-state index contributed by atoms with van der Waals surface area (Å²) in [6, 6.07) is 11.0. The van der Waals surface area contributed by atoms with Gasteiger partial charge >= 0.3 is 17.4 Å². The molecule has 0 radical (unpaired) electrons. The predicted molar refractivity (Wildman–Crippen MR) is 46.1 cm³/mol. The summed E-state index contributed by atoms with van der Waals surface area (Å²) in [4.78, 5) is 7.32. The van der Waals surface area contributed by atoms with E-state index < -0.39 is 0 Å². The van der Waals surface area contributed by atoms with Crippen molar-refractivity contribution in [2.45, 2.75) is 0 Å². The normalized spacial score (nSPS) is 7.38. The molecule has 0 saturated heterocycles. The smallest absolute Gasteiger partial charge is 0.394 e. The van der Waals surface area contributed by atoms with Gasteiger partial charge in [0, 0.05) is 0 Å². The van der Waals surface area contributed by atoms with Gasteiger partial charge in [-0.25, -0.2) is 0 Å². The van der Waals surface area contributed by atoms with E-state index in [-0.39, 0.29) is 17.4 Å². The number of aromatic nitrogens is 2. The molecule has 0 amide bonds. The van der Waals surface area contributed by atoms with Gasteiger partial charge in [0.1, 0.15) is 0 Å². The summed E-state index contributed by atoms with van der Waals surface area (Å²) in [6.07, 6.45) is 8.67. The molecule has 0 saturated carbocycles. The number of hydrogen-bond donors (Lipinski definition) is 0. The van der Waals surface area contributed by atoms with Crippen LogP contribution in [0.25, 0.3) is 0 Å². The maximum atomic E-state index is 3.66. The van der Waals surface area contributed by atoms with Gasteiger partial charge < -0.3 is 9.97 Å². The van der Waals surface area contributed by atoms with Crippen molar-refractivity contribution >= 4 is 0 Å². The molecule has 2 rings (SSSR count). The first-order valence-corrected chi connectivity index (χ1v) is 3.54. The maximum Gasteiger partial charge on any atom is 2.00 e. The average Bonchev–Trinajstić information content (AvgIpc) is 2.24. The zero-order valence-electron chi connectivity index (χ0n) is 6.92. The molecule has 0 fully saturated rings. The first-order valence-electron chi connectivity index (χ1n) is 3.54. The van der Waals surface area contributed by atoms with Crippen molar-refractivity contribution in [2.75, 3.05) is 0 Å². The fourth-order valence-electron chi connectivity index (χ4n) is 0.555. The minimum absolute atomic E-state index is 0. The zero-order valence-corrected chi connectivity index (χ0v) is 8.20. The number of rotatable bonds is 0. The van der Waals surface area contributed by atoms with Crippen LogP contribution in [0, 0.1) is 12.4 Å². The molecule has 0 aliphatic rings. The topological polar surface area (TPSA) is 25.8 Å². The molecule has 0 bridgehead atoms. The van der Waals surface area contributed by atoms with E-state index in [2.05, 4.69) is 22.4 Å². The first kappa shape index (κ1) is 11.8. The van der Waals surface area contributed by atoms with Crippen LogP contribution in [-0.2, 0) is 17.4 Å². The second-order valence-electron chi connectivity index (χ2n) is 1.92. The van der Waals surface area contributed by atoms with Crippen LogP contribution in [-0.4, -0.2) is 9.97 Å². The Hall–Kier alpha value is -1.17. The number of pyridine rings is 2. The fraction of sp³-hybridized carbons (Fsp3) is 0. The van der Waals surface area contributed by atoms with Crippen LogP contribution in [0.1, 0.15) is 0 Å². The molecule has 2 nitrogen and oxygen atoms in total. The summed E-state index contributed by atoms with van der Waals surface area (Å²) in [5, 5.41) is 0. The molecule has 2 heterocycles. The third kappa shape index (κ3) is 7.20. The second kappa shape index (κ2) is 8.92. The van der Waals surface area contributed by atoms with Gasteiger partial charge in [-0.15, -0.1) is 0 Å². The Morgan fingerprint density at radius 1 is 0.692 bits per heavy atom. The Morgan fingerprint density at radius 3 is 1.23 bits per heavy atom. The second-order valence-corrected chi connectivity index (χ2v) is 1.92. The Kier molecular flexibility index (Phi) is 8.12. The van der Waals surface area contributed by atoms with Crippen molar-refractivity contribution in [3.8, 4) is 0 Å². The van der Waals surface area contributed by atoms with Crippen LogP contribution in [0.15, 0.2) is 48.8 Å². The maximum absolute atomic E-state index is 3.66. The molecule has 0 spiro atoms. The summed E-state index contributed by atoms with van der Waals surface area (Å²) < 4.78 is 0. The van der Waals surface area contributed by atoms with Gasteiger partial charge in [0.25, 0.3) is 0 Å². The monoisotopic (exact) mass is 208 g/mol. The molecule has 64 valence electrons. The van der Waals surface area contributed by atoms with Crippen LogP contribution >= 0.6 is 0 Å². The van der Waals surface area contributed by atoms with Crippen LogP contribution < -0.4 is 0 Å². The quantitative estimate of drug-likeness (QED) is 0.616. The van der Waals surface area contributed by atoms with Crippen molar-refractivity contribution in [1.29, 1.82) is 0 Å². The van der Waals surface area contributed by atoms with E-state index in [0.717, 1.165) is 0 Å². The Bertz CT molecular complexity index is 188. The summed E-state index contributed by atoms with van der Waals surface area (Å²) in [7, 11) is 0. The van der Waals surface area contributed by atoms with Crippen molar-refractivity contribution in [3.63, 3.8) is 0 Å². The summed E-state index contributed by atoms with van der Waals surface area (Å²) in [5.41, 5.74) is 0. The Morgan fingerprint density at radius 2 is 1.15 bits per heavy atom. The standard InChI is InChI=1S/2C5H4N.Cr/c2*1-2-4-6-5-3-1;/h2*1-4H;/q2*-1;+2. The fourth-order valence-corrected chi connectivity index (χ4v) is 0.555. The van der Waals surface area contributed by atoms with Gasteiger partial charge in [-0.05, 0) is 0 Å². The van der Waals surface area contributed by atoms with Gasteiger partial charge in [0.15, 0.2) is 0 Å². The minimum atomic E-state index is 0. The van der Waals surface area contributed by atoms with Gasteiger partial charge in [-0.2, -0.15) is 36.4 Å². The zero-order chi connectivity index (χ0) is 8.49. The van der Waals surface area contributed by atoms with Crippen LogP contribution in [0.4, 0.5) is 0 Å². The summed E-state index contributed by atoms with van der Waals surface area (Å²) >= 11 is 0. The Balaban J connectivity index is 0.000000206. The molecule has 0 N–H and O–H groups in total. The molecule has 2 aromatic heterocycles. The number of hydrogen-bond acceptors (Lipinski definition) is 2. The summed E-state index contributed by atoms with van der Waals surface area (Å²) in [5.74, 6) is 0. The van der Waals surface area contributed by atoms with E-state index in [0.29, 0.717) is 0 Å². The van der Waals surface area contributed by atoms with E-state index in [9.17, 15) is 0 Å². The molecule has 0 aliphatic heterocycles. The van der Waals surface area contributed by atoms with Crippen molar-refractivity contribution in [2.24, 2.45) is 0 Å². The molecule has 0 unspecified atom stereocenters. The van der Waals surface area contributed by atoms with Crippen molar-refractivity contribution in [3.05, 3.63) is 61.2 Å². The van der Waals surface area contributed by atoms with Crippen LogP contribution in [0.5, 0.6) is 0 Å². The molecule has 3 heteroatoms.